The van der Waals surface area contributed by atoms with Crippen LogP contribution in [0.15, 0.2) is 66.9 Å². The minimum Gasteiger partial charge on any atom is -0.325 e. The van der Waals surface area contributed by atoms with E-state index in [1.54, 1.807) is 0 Å². The average Bonchev–Trinajstić information content (AvgIpc) is 3.05. The largest absolute Gasteiger partial charge is 0.325 e. The third-order valence-corrected chi connectivity index (χ3v) is 4.52. The van der Waals surface area contributed by atoms with Crippen molar-refractivity contribution >= 4 is 33.3 Å². The molecule has 0 fully saturated rings. The number of amides is 1. The van der Waals surface area contributed by atoms with Gasteiger partial charge in [0, 0.05) is 22.9 Å². The lowest BCUT2D eigenvalue weighted by Gasteiger charge is -2.09. The van der Waals surface area contributed by atoms with Crippen LogP contribution >= 0.6 is 0 Å². The summed E-state index contributed by atoms with van der Waals surface area (Å²) in [6.45, 7) is 2.63. The number of fused-ring (bicyclic) bond motifs is 2. The van der Waals surface area contributed by atoms with E-state index in [9.17, 15) is 4.79 Å². The summed E-state index contributed by atoms with van der Waals surface area (Å²) in [6.07, 6.45) is 2.25. The van der Waals surface area contributed by atoms with Crippen molar-refractivity contribution in [3.63, 3.8) is 0 Å². The van der Waals surface area contributed by atoms with E-state index >= 15 is 0 Å². The number of hydrogen-bond acceptors (Lipinski definition) is 2. The number of carbonyl (C=O) groups is 1. The Bertz CT molecular complexity index is 1060. The molecule has 1 aromatic heterocycles. The van der Waals surface area contributed by atoms with Crippen LogP contribution in [0.2, 0.25) is 0 Å². The van der Waals surface area contributed by atoms with E-state index in [1.165, 1.54) is 5.56 Å². The van der Waals surface area contributed by atoms with Gasteiger partial charge >= 0.3 is 0 Å². The van der Waals surface area contributed by atoms with Crippen molar-refractivity contribution in [1.82, 2.24) is 9.78 Å². The molecular weight excluding hydrogens is 310 g/mol. The summed E-state index contributed by atoms with van der Waals surface area (Å²) < 4.78 is 1.89. The van der Waals surface area contributed by atoms with Crippen molar-refractivity contribution in [2.75, 3.05) is 5.32 Å². The van der Waals surface area contributed by atoms with Crippen LogP contribution < -0.4 is 5.32 Å². The molecule has 0 spiro atoms. The smallest absolute Gasteiger partial charge is 0.226 e. The van der Waals surface area contributed by atoms with E-state index in [1.807, 2.05) is 65.5 Å². The predicted octanol–water partition coefficient (Wildman–Crippen LogP) is 4.53. The van der Waals surface area contributed by atoms with Crippen molar-refractivity contribution in [2.24, 2.45) is 0 Å². The second kappa shape index (κ2) is 6.40. The topological polar surface area (TPSA) is 46.9 Å². The lowest BCUT2D eigenvalue weighted by atomic mass is 10.1. The Balaban J connectivity index is 1.49. The van der Waals surface area contributed by atoms with Gasteiger partial charge in [-0.05, 0) is 30.0 Å². The minimum absolute atomic E-state index is 0.00680. The van der Waals surface area contributed by atoms with Crippen LogP contribution in [0.4, 0.5) is 5.69 Å². The lowest BCUT2D eigenvalue weighted by Crippen LogP contribution is -2.15. The summed E-state index contributed by atoms with van der Waals surface area (Å²) in [6, 6.07) is 20.1. The molecule has 4 nitrogen and oxygen atoms in total. The number of aromatic nitrogens is 2. The van der Waals surface area contributed by atoms with E-state index in [2.05, 4.69) is 23.4 Å². The number of aryl methyl sites for hydroxylation is 2. The number of rotatable bonds is 4. The van der Waals surface area contributed by atoms with Crippen LogP contribution in [0.1, 0.15) is 12.0 Å². The Morgan fingerprint density at radius 3 is 2.72 bits per heavy atom. The highest BCUT2D eigenvalue weighted by molar-refractivity contribution is 6.02. The van der Waals surface area contributed by atoms with E-state index in [-0.39, 0.29) is 5.91 Å². The van der Waals surface area contributed by atoms with Crippen molar-refractivity contribution in [3.05, 3.63) is 72.4 Å². The monoisotopic (exact) mass is 329 g/mol. The van der Waals surface area contributed by atoms with E-state index in [0.29, 0.717) is 13.0 Å². The molecule has 25 heavy (non-hydrogen) atoms. The fourth-order valence-electron chi connectivity index (χ4n) is 3.18. The zero-order valence-electron chi connectivity index (χ0n) is 14.1. The van der Waals surface area contributed by atoms with Crippen LogP contribution in [0.3, 0.4) is 0 Å². The zero-order chi connectivity index (χ0) is 17.2. The van der Waals surface area contributed by atoms with Gasteiger partial charge < -0.3 is 5.32 Å². The standard InChI is InChI=1S/C21H19N3O/c1-15-6-4-11-20-18(15)14-22-24(20)13-12-21(25)23-19-10-5-8-16-7-2-3-9-17(16)19/h2-11,14H,12-13H2,1H3,(H,23,25). The third kappa shape index (κ3) is 2.98. The maximum absolute atomic E-state index is 12.4. The highest BCUT2D eigenvalue weighted by atomic mass is 16.1. The summed E-state index contributed by atoms with van der Waals surface area (Å²) in [5.41, 5.74) is 3.12. The van der Waals surface area contributed by atoms with Gasteiger partial charge in [0.1, 0.15) is 0 Å². The number of nitrogens with zero attached hydrogens (tertiary/aromatic N) is 2. The summed E-state index contributed by atoms with van der Waals surface area (Å²) >= 11 is 0. The molecule has 3 aromatic carbocycles. The molecule has 0 aliphatic rings. The maximum atomic E-state index is 12.4. The first-order valence-corrected chi connectivity index (χ1v) is 8.41. The predicted molar refractivity (Wildman–Crippen MR) is 102 cm³/mol. The first kappa shape index (κ1) is 15.4. The van der Waals surface area contributed by atoms with Gasteiger partial charge in [0.05, 0.1) is 18.3 Å². The lowest BCUT2D eigenvalue weighted by molar-refractivity contribution is -0.116. The molecule has 0 radical (unpaired) electrons. The van der Waals surface area contributed by atoms with Crippen molar-refractivity contribution in [2.45, 2.75) is 19.9 Å². The van der Waals surface area contributed by atoms with Crippen LogP contribution in [0.5, 0.6) is 0 Å². The molecule has 0 saturated carbocycles. The molecule has 0 atom stereocenters. The number of carbonyl (C=O) groups excluding carboxylic acids is 1. The van der Waals surface area contributed by atoms with Crippen LogP contribution in [-0.2, 0) is 11.3 Å². The molecule has 4 rings (SSSR count). The highest BCUT2D eigenvalue weighted by Crippen LogP contribution is 2.23. The summed E-state index contributed by atoms with van der Waals surface area (Å²) in [5, 5.41) is 10.8. The molecule has 4 heteroatoms. The van der Waals surface area contributed by atoms with Gasteiger partial charge in [-0.2, -0.15) is 5.10 Å². The van der Waals surface area contributed by atoms with Crippen LogP contribution in [0.25, 0.3) is 21.7 Å². The van der Waals surface area contributed by atoms with Gasteiger partial charge in [-0.3, -0.25) is 9.48 Å². The molecule has 0 saturated heterocycles. The Kier molecular flexibility index (Phi) is 3.94. The second-order valence-electron chi connectivity index (χ2n) is 6.20. The van der Waals surface area contributed by atoms with E-state index in [4.69, 9.17) is 0 Å². The Morgan fingerprint density at radius 1 is 1.00 bits per heavy atom. The highest BCUT2D eigenvalue weighted by Gasteiger charge is 2.09. The summed E-state index contributed by atoms with van der Waals surface area (Å²) in [5.74, 6) is -0.00680. The fourth-order valence-corrected chi connectivity index (χ4v) is 3.18. The molecule has 124 valence electrons. The zero-order valence-corrected chi connectivity index (χ0v) is 14.1. The second-order valence-corrected chi connectivity index (χ2v) is 6.20. The minimum atomic E-state index is -0.00680. The van der Waals surface area contributed by atoms with Crippen molar-refractivity contribution < 1.29 is 4.79 Å². The Labute approximate surface area is 146 Å². The fraction of sp³-hybridized carbons (Fsp3) is 0.143. The Hall–Kier alpha value is -3.14. The van der Waals surface area contributed by atoms with Crippen molar-refractivity contribution in [1.29, 1.82) is 0 Å². The number of benzene rings is 3. The quantitative estimate of drug-likeness (QED) is 0.598. The first-order chi connectivity index (χ1) is 12.2. The van der Waals surface area contributed by atoms with Gasteiger partial charge in [-0.15, -0.1) is 0 Å². The SMILES string of the molecule is Cc1cccc2c1cnn2CCC(=O)Nc1cccc2ccccc12. The van der Waals surface area contributed by atoms with Crippen molar-refractivity contribution in [3.8, 4) is 0 Å². The molecule has 0 aliphatic carbocycles. The molecule has 0 unspecified atom stereocenters. The van der Waals surface area contributed by atoms with E-state index < -0.39 is 0 Å². The number of hydrogen-bond donors (Lipinski definition) is 1. The summed E-state index contributed by atoms with van der Waals surface area (Å²) in [7, 11) is 0. The molecule has 1 N–H and O–H groups in total. The third-order valence-electron chi connectivity index (χ3n) is 4.52. The van der Waals surface area contributed by atoms with Crippen LogP contribution in [0, 0.1) is 6.92 Å². The maximum Gasteiger partial charge on any atom is 0.226 e. The van der Waals surface area contributed by atoms with Gasteiger partial charge in [0.2, 0.25) is 5.91 Å². The van der Waals surface area contributed by atoms with Gasteiger partial charge in [-0.25, -0.2) is 0 Å². The summed E-state index contributed by atoms with van der Waals surface area (Å²) in [4.78, 5) is 12.4. The first-order valence-electron chi connectivity index (χ1n) is 8.41. The Morgan fingerprint density at radius 2 is 1.80 bits per heavy atom. The molecular formula is C21H19N3O. The molecule has 0 bridgehead atoms. The van der Waals surface area contributed by atoms with Crippen LogP contribution in [-0.4, -0.2) is 15.7 Å². The molecule has 1 heterocycles. The molecule has 1 amide bonds. The average molecular weight is 329 g/mol. The normalized spacial score (nSPS) is 11.1. The van der Waals surface area contributed by atoms with Gasteiger partial charge in [0.25, 0.3) is 0 Å². The molecule has 0 aliphatic heterocycles. The number of nitrogens with one attached hydrogen (secondary N) is 1. The molecule has 4 aromatic rings. The van der Waals surface area contributed by atoms with Gasteiger partial charge in [0.15, 0.2) is 0 Å². The van der Waals surface area contributed by atoms with Gasteiger partial charge in [-0.1, -0.05) is 48.5 Å². The number of anilines is 1. The van der Waals surface area contributed by atoms with E-state index in [0.717, 1.165) is 27.4 Å².